The predicted octanol–water partition coefficient (Wildman–Crippen LogP) is 4.34. The molecule has 1 heterocycles. The molecule has 2 aromatic rings. The standard InChI is InChI=1S/C12H11BrN2O2S/c1-8-2-3-11(15(16)17)10(6-8)14-7-12-9(13)4-5-18-12/h2-6,14H,7H2,1H3. The maximum Gasteiger partial charge on any atom is 0.292 e. The summed E-state index contributed by atoms with van der Waals surface area (Å²) >= 11 is 5.05. The van der Waals surface area contributed by atoms with Crippen molar-refractivity contribution in [3.8, 4) is 0 Å². The molecular weight excluding hydrogens is 316 g/mol. The van der Waals surface area contributed by atoms with Crippen molar-refractivity contribution < 1.29 is 4.92 Å². The molecule has 0 fully saturated rings. The number of nitrogens with zero attached hydrogens (tertiary/aromatic N) is 1. The third-order valence-electron chi connectivity index (χ3n) is 2.48. The molecular formula is C12H11BrN2O2S. The smallest absolute Gasteiger partial charge is 0.292 e. The first-order chi connectivity index (χ1) is 8.58. The van der Waals surface area contributed by atoms with Gasteiger partial charge in [-0.25, -0.2) is 0 Å². The van der Waals surface area contributed by atoms with Crippen molar-refractivity contribution in [3.05, 3.63) is 54.7 Å². The average Bonchev–Trinajstić information content (AvgIpc) is 2.72. The number of nitro benzene ring substituents is 1. The molecule has 0 unspecified atom stereocenters. The summed E-state index contributed by atoms with van der Waals surface area (Å²) in [6.07, 6.45) is 0. The molecule has 18 heavy (non-hydrogen) atoms. The van der Waals surface area contributed by atoms with E-state index in [1.807, 2.05) is 18.4 Å². The lowest BCUT2D eigenvalue weighted by molar-refractivity contribution is -0.384. The summed E-state index contributed by atoms with van der Waals surface area (Å²) < 4.78 is 1.02. The monoisotopic (exact) mass is 326 g/mol. The van der Waals surface area contributed by atoms with Gasteiger partial charge in [0.2, 0.25) is 0 Å². The Morgan fingerprint density at radius 3 is 2.83 bits per heavy atom. The molecule has 0 saturated heterocycles. The van der Waals surface area contributed by atoms with Gasteiger partial charge < -0.3 is 5.32 Å². The van der Waals surface area contributed by atoms with Gasteiger partial charge in [0.05, 0.1) is 11.5 Å². The van der Waals surface area contributed by atoms with Gasteiger partial charge >= 0.3 is 0 Å². The van der Waals surface area contributed by atoms with Gasteiger partial charge in [-0.1, -0.05) is 6.07 Å². The zero-order chi connectivity index (χ0) is 13.1. The highest BCUT2D eigenvalue weighted by Gasteiger charge is 2.13. The number of aryl methyl sites for hydroxylation is 1. The fraction of sp³-hybridized carbons (Fsp3) is 0.167. The summed E-state index contributed by atoms with van der Waals surface area (Å²) in [5.74, 6) is 0. The Kier molecular flexibility index (Phi) is 3.98. The van der Waals surface area contributed by atoms with Crippen LogP contribution in [0, 0.1) is 17.0 Å². The molecule has 4 nitrogen and oxygen atoms in total. The third kappa shape index (κ3) is 2.88. The maximum absolute atomic E-state index is 10.9. The molecule has 94 valence electrons. The zero-order valence-electron chi connectivity index (χ0n) is 9.64. The number of anilines is 1. The second-order valence-electron chi connectivity index (χ2n) is 3.82. The quantitative estimate of drug-likeness (QED) is 0.671. The minimum atomic E-state index is -0.370. The van der Waals surface area contributed by atoms with Crippen LogP contribution in [0.5, 0.6) is 0 Å². The summed E-state index contributed by atoms with van der Waals surface area (Å²) in [7, 11) is 0. The minimum absolute atomic E-state index is 0.105. The Labute approximate surface area is 117 Å². The first kappa shape index (κ1) is 13.0. The largest absolute Gasteiger partial charge is 0.375 e. The van der Waals surface area contributed by atoms with Crippen LogP contribution in [0.4, 0.5) is 11.4 Å². The lowest BCUT2D eigenvalue weighted by Crippen LogP contribution is -2.02. The number of halogens is 1. The van der Waals surface area contributed by atoms with Crippen LogP contribution < -0.4 is 5.32 Å². The van der Waals surface area contributed by atoms with Gasteiger partial charge in [0.25, 0.3) is 5.69 Å². The fourth-order valence-electron chi connectivity index (χ4n) is 1.58. The molecule has 6 heteroatoms. The molecule has 0 aliphatic heterocycles. The van der Waals surface area contributed by atoms with E-state index in [9.17, 15) is 10.1 Å². The second kappa shape index (κ2) is 5.49. The van der Waals surface area contributed by atoms with Crippen molar-refractivity contribution in [3.63, 3.8) is 0 Å². The summed E-state index contributed by atoms with van der Waals surface area (Å²) in [5, 5.41) is 16.0. The molecule has 0 atom stereocenters. The average molecular weight is 327 g/mol. The number of hydrogen-bond acceptors (Lipinski definition) is 4. The van der Waals surface area contributed by atoms with E-state index >= 15 is 0 Å². The van der Waals surface area contributed by atoms with Crippen LogP contribution in [0.15, 0.2) is 34.1 Å². The van der Waals surface area contributed by atoms with E-state index in [2.05, 4.69) is 21.2 Å². The first-order valence-electron chi connectivity index (χ1n) is 5.28. The van der Waals surface area contributed by atoms with Gasteiger partial charge in [-0.05, 0) is 45.9 Å². The molecule has 0 spiro atoms. The number of thiophene rings is 1. The van der Waals surface area contributed by atoms with Gasteiger partial charge in [-0.15, -0.1) is 11.3 Å². The molecule has 0 aliphatic carbocycles. The van der Waals surface area contributed by atoms with Crippen LogP contribution in [-0.2, 0) is 6.54 Å². The molecule has 0 saturated carbocycles. The molecule has 0 bridgehead atoms. The van der Waals surface area contributed by atoms with Crippen LogP contribution in [0.3, 0.4) is 0 Å². The highest BCUT2D eigenvalue weighted by molar-refractivity contribution is 9.10. The van der Waals surface area contributed by atoms with Gasteiger partial charge in [0, 0.05) is 15.4 Å². The van der Waals surface area contributed by atoms with Gasteiger partial charge in [0.1, 0.15) is 5.69 Å². The zero-order valence-corrected chi connectivity index (χ0v) is 12.0. The van der Waals surface area contributed by atoms with Crippen molar-refractivity contribution in [1.29, 1.82) is 0 Å². The van der Waals surface area contributed by atoms with Gasteiger partial charge in [0.15, 0.2) is 0 Å². The van der Waals surface area contributed by atoms with Crippen molar-refractivity contribution in [2.45, 2.75) is 13.5 Å². The Balaban J connectivity index is 2.20. The Morgan fingerprint density at radius 1 is 1.44 bits per heavy atom. The SMILES string of the molecule is Cc1ccc([N+](=O)[O-])c(NCc2sccc2Br)c1. The van der Waals surface area contributed by atoms with E-state index in [0.717, 1.165) is 14.9 Å². The molecule has 0 aliphatic rings. The summed E-state index contributed by atoms with van der Waals surface area (Å²) in [4.78, 5) is 11.7. The van der Waals surface area contributed by atoms with E-state index in [1.54, 1.807) is 23.5 Å². The number of nitrogens with one attached hydrogen (secondary N) is 1. The molecule has 1 aromatic heterocycles. The molecule has 1 aromatic carbocycles. The van der Waals surface area contributed by atoms with E-state index < -0.39 is 0 Å². The van der Waals surface area contributed by atoms with Crippen LogP contribution >= 0.6 is 27.3 Å². The molecule has 0 radical (unpaired) electrons. The van der Waals surface area contributed by atoms with Crippen LogP contribution in [0.2, 0.25) is 0 Å². The number of nitro groups is 1. The van der Waals surface area contributed by atoms with Crippen LogP contribution in [0.25, 0.3) is 0 Å². The Bertz CT molecular complexity index is 583. The summed E-state index contributed by atoms with van der Waals surface area (Å²) in [5.41, 5.74) is 1.65. The van der Waals surface area contributed by atoms with Gasteiger partial charge in [-0.3, -0.25) is 10.1 Å². The van der Waals surface area contributed by atoms with Crippen molar-refractivity contribution in [2.75, 3.05) is 5.32 Å². The minimum Gasteiger partial charge on any atom is -0.375 e. The first-order valence-corrected chi connectivity index (χ1v) is 6.96. The summed E-state index contributed by atoms with van der Waals surface area (Å²) in [6.45, 7) is 2.48. The number of rotatable bonds is 4. The molecule has 2 rings (SSSR count). The van der Waals surface area contributed by atoms with E-state index in [4.69, 9.17) is 0 Å². The van der Waals surface area contributed by atoms with Crippen LogP contribution in [0.1, 0.15) is 10.4 Å². The van der Waals surface area contributed by atoms with E-state index in [-0.39, 0.29) is 10.6 Å². The maximum atomic E-state index is 10.9. The van der Waals surface area contributed by atoms with Crippen LogP contribution in [-0.4, -0.2) is 4.92 Å². The lowest BCUT2D eigenvalue weighted by atomic mass is 10.2. The second-order valence-corrected chi connectivity index (χ2v) is 5.68. The number of benzene rings is 1. The highest BCUT2D eigenvalue weighted by atomic mass is 79.9. The predicted molar refractivity (Wildman–Crippen MR) is 77.2 cm³/mol. The Morgan fingerprint density at radius 2 is 2.22 bits per heavy atom. The summed E-state index contributed by atoms with van der Waals surface area (Å²) in [6, 6.07) is 7.03. The normalized spacial score (nSPS) is 10.3. The topological polar surface area (TPSA) is 55.2 Å². The number of hydrogen-bond donors (Lipinski definition) is 1. The van der Waals surface area contributed by atoms with E-state index in [0.29, 0.717) is 12.2 Å². The van der Waals surface area contributed by atoms with Crippen molar-refractivity contribution >= 4 is 38.6 Å². The third-order valence-corrected chi connectivity index (χ3v) is 4.41. The highest BCUT2D eigenvalue weighted by Crippen LogP contribution is 2.28. The van der Waals surface area contributed by atoms with Crippen molar-refractivity contribution in [2.24, 2.45) is 0 Å². The lowest BCUT2D eigenvalue weighted by Gasteiger charge is -2.07. The fourth-order valence-corrected chi connectivity index (χ4v) is 3.01. The van der Waals surface area contributed by atoms with E-state index in [1.165, 1.54) is 6.07 Å². The molecule has 1 N–H and O–H groups in total. The molecule has 0 amide bonds. The van der Waals surface area contributed by atoms with Crippen molar-refractivity contribution in [1.82, 2.24) is 0 Å². The van der Waals surface area contributed by atoms with Gasteiger partial charge in [-0.2, -0.15) is 0 Å². The Hall–Kier alpha value is -1.40.